The fourth-order valence-electron chi connectivity index (χ4n) is 1.08. The van der Waals surface area contributed by atoms with Crippen LogP contribution in [0.5, 0.6) is 0 Å². The average Bonchev–Trinajstić information content (AvgIpc) is 2.08. The molecule has 0 radical (unpaired) electrons. The lowest BCUT2D eigenvalue weighted by Crippen LogP contribution is -2.27. The Hall–Kier alpha value is 0.210. The van der Waals surface area contributed by atoms with E-state index in [0.717, 1.165) is 32.0 Å². The van der Waals surface area contributed by atoms with Gasteiger partial charge in [0.2, 0.25) is 0 Å². The summed E-state index contributed by atoms with van der Waals surface area (Å²) in [5.74, 6) is 0.785. The summed E-state index contributed by atoms with van der Waals surface area (Å²) in [6.07, 6.45) is 3.56. The van der Waals surface area contributed by atoms with Gasteiger partial charge in [0.05, 0.1) is 12.2 Å². The standard InChI is InChI=1S/C11H24ClNO/c1-11(2,3)14-10-9-13-8-6-4-5-7-12/h13H,4-10H2,1-3H3. The maximum atomic E-state index is 5.57. The minimum absolute atomic E-state index is 0.0136. The molecule has 0 saturated carbocycles. The summed E-state index contributed by atoms with van der Waals surface area (Å²) in [5, 5.41) is 3.35. The number of hydrogen-bond donors (Lipinski definition) is 1. The molecule has 0 bridgehead atoms. The van der Waals surface area contributed by atoms with Crippen LogP contribution in [0.1, 0.15) is 40.0 Å². The number of unbranched alkanes of at least 4 members (excludes halogenated alkanes) is 2. The highest BCUT2D eigenvalue weighted by atomic mass is 35.5. The largest absolute Gasteiger partial charge is 0.375 e. The van der Waals surface area contributed by atoms with Crippen molar-refractivity contribution >= 4 is 11.6 Å². The monoisotopic (exact) mass is 221 g/mol. The zero-order chi connectivity index (χ0) is 10.9. The zero-order valence-corrected chi connectivity index (χ0v) is 10.5. The Bertz CT molecular complexity index is 123. The van der Waals surface area contributed by atoms with E-state index in [4.69, 9.17) is 16.3 Å². The zero-order valence-electron chi connectivity index (χ0n) is 9.74. The molecule has 0 aromatic heterocycles. The lowest BCUT2D eigenvalue weighted by atomic mass is 10.2. The number of halogens is 1. The molecule has 14 heavy (non-hydrogen) atoms. The van der Waals surface area contributed by atoms with Crippen molar-refractivity contribution in [3.63, 3.8) is 0 Å². The van der Waals surface area contributed by atoms with Gasteiger partial charge in [-0.05, 0) is 40.2 Å². The summed E-state index contributed by atoms with van der Waals surface area (Å²) in [6, 6.07) is 0. The molecule has 2 nitrogen and oxygen atoms in total. The minimum atomic E-state index is -0.0136. The fraction of sp³-hybridized carbons (Fsp3) is 1.00. The molecular weight excluding hydrogens is 198 g/mol. The van der Waals surface area contributed by atoms with Crippen molar-refractivity contribution in [2.45, 2.75) is 45.6 Å². The number of nitrogens with one attached hydrogen (secondary N) is 1. The average molecular weight is 222 g/mol. The number of ether oxygens (including phenoxy) is 1. The predicted molar refractivity (Wildman–Crippen MR) is 63.1 cm³/mol. The van der Waals surface area contributed by atoms with Gasteiger partial charge >= 0.3 is 0 Å². The number of rotatable bonds is 8. The van der Waals surface area contributed by atoms with E-state index in [0.29, 0.717) is 0 Å². The molecule has 0 heterocycles. The topological polar surface area (TPSA) is 21.3 Å². The smallest absolute Gasteiger partial charge is 0.0599 e. The van der Waals surface area contributed by atoms with Crippen LogP contribution < -0.4 is 5.32 Å². The molecule has 0 aliphatic carbocycles. The Labute approximate surface area is 93.4 Å². The van der Waals surface area contributed by atoms with Crippen LogP contribution in [0.3, 0.4) is 0 Å². The molecule has 0 fully saturated rings. The summed E-state index contributed by atoms with van der Waals surface area (Å²) in [5.41, 5.74) is -0.0136. The van der Waals surface area contributed by atoms with E-state index in [1.165, 1.54) is 12.8 Å². The fourth-order valence-corrected chi connectivity index (χ4v) is 1.26. The van der Waals surface area contributed by atoms with Crippen molar-refractivity contribution in [2.75, 3.05) is 25.6 Å². The molecule has 0 aliphatic rings. The van der Waals surface area contributed by atoms with E-state index in [-0.39, 0.29) is 5.60 Å². The molecule has 0 spiro atoms. The molecule has 0 aromatic rings. The van der Waals surface area contributed by atoms with Crippen LogP contribution in [0.25, 0.3) is 0 Å². The lowest BCUT2D eigenvalue weighted by molar-refractivity contribution is -0.000755. The van der Waals surface area contributed by atoms with Crippen molar-refractivity contribution < 1.29 is 4.74 Å². The minimum Gasteiger partial charge on any atom is -0.375 e. The van der Waals surface area contributed by atoms with E-state index in [1.807, 2.05) is 0 Å². The Morgan fingerprint density at radius 3 is 2.36 bits per heavy atom. The van der Waals surface area contributed by atoms with Gasteiger partial charge in [0.25, 0.3) is 0 Å². The number of alkyl halides is 1. The van der Waals surface area contributed by atoms with Gasteiger partial charge in [-0.3, -0.25) is 0 Å². The van der Waals surface area contributed by atoms with E-state index in [2.05, 4.69) is 26.1 Å². The SMILES string of the molecule is CC(C)(C)OCCNCCCCCCl. The second-order valence-corrected chi connectivity index (χ2v) is 4.84. The third-order valence-electron chi connectivity index (χ3n) is 1.80. The molecular formula is C11H24ClNO. The molecule has 3 heteroatoms. The summed E-state index contributed by atoms with van der Waals surface area (Å²) in [7, 11) is 0. The van der Waals surface area contributed by atoms with Crippen molar-refractivity contribution in [3.8, 4) is 0 Å². The second-order valence-electron chi connectivity index (χ2n) is 4.46. The second kappa shape index (κ2) is 8.51. The maximum Gasteiger partial charge on any atom is 0.0599 e. The predicted octanol–water partition coefficient (Wildman–Crippen LogP) is 2.80. The normalized spacial score (nSPS) is 12.0. The van der Waals surface area contributed by atoms with E-state index >= 15 is 0 Å². The molecule has 0 aromatic carbocycles. The van der Waals surface area contributed by atoms with Crippen LogP contribution in [0.4, 0.5) is 0 Å². The number of hydrogen-bond acceptors (Lipinski definition) is 2. The van der Waals surface area contributed by atoms with Crippen LogP contribution >= 0.6 is 11.6 Å². The van der Waals surface area contributed by atoms with Crippen molar-refractivity contribution in [2.24, 2.45) is 0 Å². The third kappa shape index (κ3) is 12.2. The van der Waals surface area contributed by atoms with Crippen LogP contribution in [0.2, 0.25) is 0 Å². The first-order chi connectivity index (χ1) is 6.56. The summed E-state index contributed by atoms with van der Waals surface area (Å²) in [4.78, 5) is 0. The van der Waals surface area contributed by atoms with Crippen LogP contribution in [-0.2, 0) is 4.74 Å². The summed E-state index contributed by atoms with van der Waals surface area (Å²) in [6.45, 7) is 9.04. The van der Waals surface area contributed by atoms with Gasteiger partial charge in [0.15, 0.2) is 0 Å². The Kier molecular flexibility index (Phi) is 8.64. The highest BCUT2D eigenvalue weighted by Crippen LogP contribution is 2.05. The highest BCUT2D eigenvalue weighted by Gasteiger charge is 2.08. The van der Waals surface area contributed by atoms with E-state index in [1.54, 1.807) is 0 Å². The summed E-state index contributed by atoms with van der Waals surface area (Å²) >= 11 is 5.57. The Morgan fingerprint density at radius 1 is 1.07 bits per heavy atom. The van der Waals surface area contributed by atoms with Gasteiger partial charge in [-0.2, -0.15) is 0 Å². The molecule has 0 rings (SSSR count). The quantitative estimate of drug-likeness (QED) is 0.503. The first-order valence-electron chi connectivity index (χ1n) is 5.47. The molecule has 0 unspecified atom stereocenters. The first kappa shape index (κ1) is 14.2. The Morgan fingerprint density at radius 2 is 1.79 bits per heavy atom. The van der Waals surface area contributed by atoms with Gasteiger partial charge in [-0.25, -0.2) is 0 Å². The molecule has 86 valence electrons. The van der Waals surface area contributed by atoms with Crippen molar-refractivity contribution in [3.05, 3.63) is 0 Å². The maximum absolute atomic E-state index is 5.57. The van der Waals surface area contributed by atoms with E-state index < -0.39 is 0 Å². The molecule has 1 N–H and O–H groups in total. The van der Waals surface area contributed by atoms with Crippen molar-refractivity contribution in [1.82, 2.24) is 5.32 Å². The van der Waals surface area contributed by atoms with Crippen LogP contribution in [0.15, 0.2) is 0 Å². The molecule has 0 amide bonds. The lowest BCUT2D eigenvalue weighted by Gasteiger charge is -2.19. The van der Waals surface area contributed by atoms with Crippen molar-refractivity contribution in [1.29, 1.82) is 0 Å². The van der Waals surface area contributed by atoms with Gasteiger partial charge in [0, 0.05) is 12.4 Å². The van der Waals surface area contributed by atoms with Crippen LogP contribution in [-0.4, -0.2) is 31.2 Å². The first-order valence-corrected chi connectivity index (χ1v) is 6.00. The van der Waals surface area contributed by atoms with Gasteiger partial charge in [-0.1, -0.05) is 6.42 Å². The van der Waals surface area contributed by atoms with Gasteiger partial charge in [0.1, 0.15) is 0 Å². The van der Waals surface area contributed by atoms with Gasteiger partial charge < -0.3 is 10.1 Å². The molecule has 0 atom stereocenters. The van der Waals surface area contributed by atoms with Gasteiger partial charge in [-0.15, -0.1) is 11.6 Å². The van der Waals surface area contributed by atoms with E-state index in [9.17, 15) is 0 Å². The Balaban J connectivity index is 2.99. The van der Waals surface area contributed by atoms with Crippen LogP contribution in [0, 0.1) is 0 Å². The molecule has 0 aliphatic heterocycles. The molecule has 0 saturated heterocycles. The highest BCUT2D eigenvalue weighted by molar-refractivity contribution is 6.17. The third-order valence-corrected chi connectivity index (χ3v) is 2.07. The summed E-state index contributed by atoms with van der Waals surface area (Å²) < 4.78 is 5.57.